The van der Waals surface area contributed by atoms with Gasteiger partial charge in [0.15, 0.2) is 5.76 Å². The van der Waals surface area contributed by atoms with Crippen LogP contribution in [-0.4, -0.2) is 41.5 Å². The van der Waals surface area contributed by atoms with Crippen LogP contribution in [0.5, 0.6) is 0 Å². The fourth-order valence-corrected chi connectivity index (χ4v) is 1.76. The molecule has 0 aromatic carbocycles. The van der Waals surface area contributed by atoms with E-state index in [2.05, 4.69) is 9.15 Å². The Morgan fingerprint density at radius 1 is 0.962 bits per heavy atom. The van der Waals surface area contributed by atoms with E-state index >= 15 is 0 Å². The average Bonchev–Trinajstić information content (AvgIpc) is 3.07. The zero-order valence-electron chi connectivity index (χ0n) is 11.8. The largest absolute Gasteiger partial charge is 0.459 e. The van der Waals surface area contributed by atoms with E-state index in [1.807, 2.05) is 0 Å². The fraction of sp³-hybridized carbons (Fsp3) is 0.455. The van der Waals surface area contributed by atoms with Crippen molar-refractivity contribution < 1.29 is 58.3 Å². The van der Waals surface area contributed by atoms with Crippen LogP contribution < -0.4 is 10.9 Å². The Morgan fingerprint density at radius 2 is 1.54 bits per heavy atom. The maximum Gasteiger partial charge on any atom is 0.428 e. The second-order valence-electron chi connectivity index (χ2n) is 4.82. The van der Waals surface area contributed by atoms with Gasteiger partial charge in [-0.25, -0.2) is 0 Å². The zero-order valence-corrected chi connectivity index (χ0v) is 11.8. The highest BCUT2D eigenvalue weighted by Crippen LogP contribution is 2.64. The standard InChI is InChI=1S/C11H5F9N2O4/c12-7(13,6(24)22-21-5(23)4-2-1-3-25-4)10(18)8(14,15)9(16,17)11(19,20)26-10/h1-3H,(H,21,23)(H,22,24)/t10-/m0/s1. The number of furan rings is 1. The monoisotopic (exact) mass is 400 g/mol. The molecule has 0 unspecified atom stereocenters. The fourth-order valence-electron chi connectivity index (χ4n) is 1.76. The lowest BCUT2D eigenvalue weighted by atomic mass is 9.99. The van der Waals surface area contributed by atoms with Crippen molar-refractivity contribution in [2.24, 2.45) is 0 Å². The summed E-state index contributed by atoms with van der Waals surface area (Å²) in [5, 5.41) is 0. The van der Waals surface area contributed by atoms with Crippen molar-refractivity contribution in [3.05, 3.63) is 24.2 Å². The molecule has 0 spiro atoms. The van der Waals surface area contributed by atoms with Gasteiger partial charge in [-0.05, 0) is 12.1 Å². The first-order valence-corrected chi connectivity index (χ1v) is 6.16. The van der Waals surface area contributed by atoms with Gasteiger partial charge in [-0.2, -0.15) is 39.5 Å². The molecule has 0 saturated carbocycles. The molecule has 26 heavy (non-hydrogen) atoms. The zero-order chi connectivity index (χ0) is 20.2. The molecule has 146 valence electrons. The smallest absolute Gasteiger partial charge is 0.428 e. The Kier molecular flexibility index (Phi) is 4.22. The minimum atomic E-state index is -6.81. The molecule has 6 nitrogen and oxygen atoms in total. The summed E-state index contributed by atoms with van der Waals surface area (Å²) in [6, 6.07) is 2.09. The summed E-state index contributed by atoms with van der Waals surface area (Å²) >= 11 is 0. The molecule has 1 aromatic rings. The number of rotatable bonds is 3. The Labute approximate surface area is 136 Å². The van der Waals surface area contributed by atoms with E-state index in [0.29, 0.717) is 5.43 Å². The second-order valence-corrected chi connectivity index (χ2v) is 4.82. The summed E-state index contributed by atoms with van der Waals surface area (Å²) < 4.78 is 126. The molecule has 1 fully saturated rings. The van der Waals surface area contributed by atoms with Crippen molar-refractivity contribution in [2.75, 3.05) is 0 Å². The van der Waals surface area contributed by atoms with Gasteiger partial charge in [-0.15, -0.1) is 0 Å². The Morgan fingerprint density at radius 3 is 1.96 bits per heavy atom. The molecule has 1 aromatic heterocycles. The third-order valence-corrected chi connectivity index (χ3v) is 3.16. The number of amides is 2. The Balaban J connectivity index is 2.25. The molecule has 2 N–H and O–H groups in total. The molecule has 0 bridgehead atoms. The van der Waals surface area contributed by atoms with E-state index in [1.54, 1.807) is 0 Å². The summed E-state index contributed by atoms with van der Waals surface area (Å²) in [5.41, 5.74) is 1.86. The lowest BCUT2D eigenvalue weighted by Gasteiger charge is -2.31. The lowest BCUT2D eigenvalue weighted by Crippen LogP contribution is -2.66. The SMILES string of the molecule is O=C(NNC(=O)C(F)(F)[C@]1(F)OC(F)(F)C(F)(F)C1(F)F)c1ccco1. The summed E-state index contributed by atoms with van der Waals surface area (Å²) in [6.07, 6.45) is -5.43. The first-order chi connectivity index (χ1) is 11.6. The number of hydrogen-bond donors (Lipinski definition) is 2. The van der Waals surface area contributed by atoms with Gasteiger partial charge in [0.05, 0.1) is 6.26 Å². The number of nitrogens with one attached hydrogen (secondary N) is 2. The van der Waals surface area contributed by atoms with Crippen LogP contribution in [0.15, 0.2) is 22.8 Å². The number of hydrazine groups is 1. The van der Waals surface area contributed by atoms with Crippen LogP contribution in [0.3, 0.4) is 0 Å². The third kappa shape index (κ3) is 2.40. The molecule has 0 aliphatic carbocycles. The molecule has 2 amide bonds. The van der Waals surface area contributed by atoms with Crippen molar-refractivity contribution >= 4 is 11.8 Å². The van der Waals surface area contributed by atoms with Gasteiger partial charge < -0.3 is 4.42 Å². The summed E-state index contributed by atoms with van der Waals surface area (Å²) in [4.78, 5) is 22.5. The van der Waals surface area contributed by atoms with E-state index in [0.717, 1.165) is 23.8 Å². The van der Waals surface area contributed by atoms with Gasteiger partial charge in [0.2, 0.25) is 0 Å². The number of carbonyl (C=O) groups excluding carboxylic acids is 2. The van der Waals surface area contributed by atoms with Gasteiger partial charge >= 0.3 is 41.5 Å². The number of carbonyl (C=O) groups is 2. The molecule has 2 rings (SSSR count). The number of halogens is 9. The van der Waals surface area contributed by atoms with E-state index in [4.69, 9.17) is 0 Å². The summed E-state index contributed by atoms with van der Waals surface area (Å²) in [6.45, 7) is 0. The number of ether oxygens (including phenoxy) is 1. The minimum absolute atomic E-state index is 0.593. The number of hydrogen-bond acceptors (Lipinski definition) is 4. The topological polar surface area (TPSA) is 80.6 Å². The van der Waals surface area contributed by atoms with Crippen LogP contribution in [-0.2, 0) is 9.53 Å². The molecule has 2 heterocycles. The summed E-state index contributed by atoms with van der Waals surface area (Å²) in [5.74, 6) is -31.4. The molecule has 0 radical (unpaired) electrons. The van der Waals surface area contributed by atoms with Crippen LogP contribution in [0.4, 0.5) is 39.5 Å². The minimum Gasteiger partial charge on any atom is -0.459 e. The van der Waals surface area contributed by atoms with Crippen molar-refractivity contribution in [3.63, 3.8) is 0 Å². The predicted molar refractivity (Wildman–Crippen MR) is 59.0 cm³/mol. The molecule has 1 saturated heterocycles. The molecule has 1 aliphatic rings. The Hall–Kier alpha value is -2.45. The molecule has 15 heteroatoms. The van der Waals surface area contributed by atoms with Crippen LogP contribution >= 0.6 is 0 Å². The maximum atomic E-state index is 13.8. The van der Waals surface area contributed by atoms with E-state index in [1.165, 1.54) is 0 Å². The number of alkyl halides is 9. The predicted octanol–water partition coefficient (Wildman–Crippen LogP) is 2.24. The van der Waals surface area contributed by atoms with Crippen LogP contribution in [0, 0.1) is 0 Å². The van der Waals surface area contributed by atoms with Crippen molar-refractivity contribution in [1.29, 1.82) is 0 Å². The quantitative estimate of drug-likeness (QED) is 0.603. The highest BCUT2D eigenvalue weighted by molar-refractivity contribution is 5.94. The molecule has 1 aliphatic heterocycles. The van der Waals surface area contributed by atoms with Gasteiger partial charge in [0, 0.05) is 0 Å². The maximum absolute atomic E-state index is 13.8. The summed E-state index contributed by atoms with van der Waals surface area (Å²) in [7, 11) is 0. The van der Waals surface area contributed by atoms with Crippen molar-refractivity contribution in [2.45, 2.75) is 29.7 Å². The van der Waals surface area contributed by atoms with Crippen LogP contribution in [0.2, 0.25) is 0 Å². The van der Waals surface area contributed by atoms with E-state index in [-0.39, 0.29) is 0 Å². The third-order valence-electron chi connectivity index (χ3n) is 3.16. The highest BCUT2D eigenvalue weighted by Gasteiger charge is 2.96. The highest BCUT2D eigenvalue weighted by atomic mass is 19.4. The van der Waals surface area contributed by atoms with Crippen LogP contribution in [0.1, 0.15) is 10.6 Å². The van der Waals surface area contributed by atoms with Crippen LogP contribution in [0.25, 0.3) is 0 Å². The van der Waals surface area contributed by atoms with E-state index < -0.39 is 47.3 Å². The van der Waals surface area contributed by atoms with Gasteiger partial charge in [-0.3, -0.25) is 25.2 Å². The molecular weight excluding hydrogens is 395 g/mol. The first kappa shape index (κ1) is 19.9. The lowest BCUT2D eigenvalue weighted by molar-refractivity contribution is -0.367. The molecule has 1 atom stereocenters. The first-order valence-electron chi connectivity index (χ1n) is 6.16. The van der Waals surface area contributed by atoms with Gasteiger partial charge in [0.1, 0.15) is 0 Å². The van der Waals surface area contributed by atoms with Gasteiger partial charge in [0.25, 0.3) is 0 Å². The normalized spacial score (nSPS) is 26.3. The van der Waals surface area contributed by atoms with Crippen molar-refractivity contribution in [1.82, 2.24) is 10.9 Å². The second kappa shape index (κ2) is 5.52. The van der Waals surface area contributed by atoms with Gasteiger partial charge in [-0.1, -0.05) is 0 Å². The Bertz CT molecular complexity index is 721. The molecular formula is C11H5F9N2O4. The van der Waals surface area contributed by atoms with E-state index in [9.17, 15) is 49.1 Å². The average molecular weight is 400 g/mol. The van der Waals surface area contributed by atoms with Crippen molar-refractivity contribution in [3.8, 4) is 0 Å².